The first kappa shape index (κ1) is 24.9. The number of benzene rings is 3. The first-order valence-corrected chi connectivity index (χ1v) is 13.8. The smallest absolute Gasteiger partial charge is 0.320 e. The van der Waals surface area contributed by atoms with Crippen molar-refractivity contribution in [3.63, 3.8) is 0 Å². The minimum atomic E-state index is -3.83. The number of primary sulfonamides is 1. The number of aryl methyl sites for hydroxylation is 1. The lowest BCUT2D eigenvalue weighted by Gasteiger charge is -2.34. The summed E-state index contributed by atoms with van der Waals surface area (Å²) in [6.45, 7) is 4.08. The third-order valence-electron chi connectivity index (χ3n) is 6.48. The fourth-order valence-electron chi connectivity index (χ4n) is 4.66. The number of hydrogen-bond donors (Lipinski definition) is 1. The van der Waals surface area contributed by atoms with E-state index in [1.807, 2.05) is 52.3 Å². The molecule has 0 unspecified atom stereocenters. The van der Waals surface area contributed by atoms with Crippen LogP contribution < -0.4 is 10.0 Å². The molecule has 0 spiro atoms. The fraction of sp³-hybridized carbons (Fsp3) is 0.321. The summed E-state index contributed by atoms with van der Waals surface area (Å²) in [4.78, 5) is 17.6. The summed E-state index contributed by atoms with van der Waals surface area (Å²) in [5.41, 5.74) is 4.57. The van der Waals surface area contributed by atoms with E-state index in [9.17, 15) is 13.2 Å². The van der Waals surface area contributed by atoms with Gasteiger partial charge in [0.25, 0.3) is 0 Å². The number of fused-ring (bicyclic) bond motifs is 1. The predicted molar refractivity (Wildman–Crippen MR) is 141 cm³/mol. The van der Waals surface area contributed by atoms with Crippen molar-refractivity contribution in [1.82, 2.24) is 4.90 Å². The second kappa shape index (κ2) is 11.1. The Bertz CT molecular complexity index is 1270. The largest absolute Gasteiger partial charge is 0.324 e. The van der Waals surface area contributed by atoms with E-state index in [4.69, 9.17) is 5.14 Å². The van der Waals surface area contributed by atoms with Gasteiger partial charge in [-0.15, -0.1) is 0 Å². The van der Waals surface area contributed by atoms with Gasteiger partial charge in [0.05, 0.1) is 4.90 Å². The van der Waals surface area contributed by atoms with Crippen molar-refractivity contribution in [3.05, 3.63) is 83.9 Å². The van der Waals surface area contributed by atoms with Crippen molar-refractivity contribution in [1.29, 1.82) is 0 Å². The van der Waals surface area contributed by atoms with Gasteiger partial charge in [-0.1, -0.05) is 80.4 Å². The monoisotopic (exact) mass is 491 g/mol. The van der Waals surface area contributed by atoms with E-state index in [0.29, 0.717) is 18.7 Å². The van der Waals surface area contributed by atoms with Crippen LogP contribution in [0.4, 0.5) is 10.5 Å². The molecule has 2 N–H and O–H groups in total. The Labute approximate surface area is 208 Å². The van der Waals surface area contributed by atoms with Crippen LogP contribution >= 0.6 is 0 Å². The zero-order valence-corrected chi connectivity index (χ0v) is 21.0. The zero-order valence-electron chi connectivity index (χ0n) is 20.2. The van der Waals surface area contributed by atoms with Crippen molar-refractivity contribution in [2.45, 2.75) is 50.5 Å². The number of nitrogens with zero attached hydrogens (tertiary/aromatic N) is 2. The molecule has 1 heterocycles. The Hall–Kier alpha value is -3.16. The molecule has 0 bridgehead atoms. The molecule has 1 aliphatic rings. The molecular formula is C28H33N3O3S. The highest BCUT2D eigenvalue weighted by atomic mass is 32.2. The predicted octanol–water partition coefficient (Wildman–Crippen LogP) is 5.57. The van der Waals surface area contributed by atoms with E-state index in [1.54, 1.807) is 18.2 Å². The summed E-state index contributed by atoms with van der Waals surface area (Å²) in [6, 6.07) is 22.6. The van der Waals surface area contributed by atoms with Crippen LogP contribution in [-0.2, 0) is 23.0 Å². The number of rotatable bonds is 8. The maximum Gasteiger partial charge on any atom is 0.324 e. The third-order valence-corrected chi connectivity index (χ3v) is 7.44. The molecule has 3 aromatic rings. The molecule has 0 atom stereocenters. The number of nitrogens with two attached hydrogens (primary N) is 1. The molecule has 0 saturated carbocycles. The molecule has 3 aromatic carbocycles. The van der Waals surface area contributed by atoms with E-state index < -0.39 is 10.0 Å². The summed E-state index contributed by atoms with van der Waals surface area (Å²) in [6.07, 6.45) is 5.08. The topological polar surface area (TPSA) is 83.7 Å². The summed E-state index contributed by atoms with van der Waals surface area (Å²) in [5.74, 6) is 0. The van der Waals surface area contributed by atoms with Crippen LogP contribution in [0.15, 0.2) is 77.7 Å². The third kappa shape index (κ3) is 5.92. The van der Waals surface area contributed by atoms with Gasteiger partial charge in [-0.3, -0.25) is 4.90 Å². The molecule has 2 amide bonds. The standard InChI is InChI=1S/C28H33N3O3S/c1-2-3-8-19-30(28(32)31-20-9-11-24-10-4-6-13-26(24)31)21-22-15-17-23(18-16-22)25-12-5-7-14-27(25)35(29,33)34/h4-7,10,12-18H,2-3,8-9,11,19-21H2,1H3,(H2,29,33,34). The lowest BCUT2D eigenvalue weighted by Crippen LogP contribution is -2.45. The highest BCUT2D eigenvalue weighted by Gasteiger charge is 2.26. The van der Waals surface area contributed by atoms with Gasteiger partial charge in [0, 0.05) is 30.9 Å². The van der Waals surface area contributed by atoms with Crippen LogP contribution in [0, 0.1) is 0 Å². The Morgan fingerprint density at radius 2 is 1.69 bits per heavy atom. The summed E-state index contributed by atoms with van der Waals surface area (Å²) >= 11 is 0. The minimum Gasteiger partial charge on any atom is -0.320 e. The number of amides is 2. The van der Waals surface area contributed by atoms with Crippen molar-refractivity contribution in [2.24, 2.45) is 5.14 Å². The molecule has 6 nitrogen and oxygen atoms in total. The number of unbranched alkanes of at least 4 members (excludes halogenated alkanes) is 2. The highest BCUT2D eigenvalue weighted by Crippen LogP contribution is 2.29. The number of hydrogen-bond acceptors (Lipinski definition) is 3. The molecule has 0 fully saturated rings. The van der Waals surface area contributed by atoms with Gasteiger partial charge in [-0.25, -0.2) is 18.4 Å². The van der Waals surface area contributed by atoms with Gasteiger partial charge in [-0.2, -0.15) is 0 Å². The van der Waals surface area contributed by atoms with E-state index in [2.05, 4.69) is 13.0 Å². The number of sulfonamides is 1. The van der Waals surface area contributed by atoms with Gasteiger partial charge in [0.2, 0.25) is 10.0 Å². The molecule has 0 aromatic heterocycles. The Balaban J connectivity index is 1.57. The number of carbonyl (C=O) groups excluding carboxylic acids is 1. The molecule has 184 valence electrons. The lowest BCUT2D eigenvalue weighted by molar-refractivity contribution is 0.200. The van der Waals surface area contributed by atoms with Crippen molar-refractivity contribution >= 4 is 21.7 Å². The average molecular weight is 492 g/mol. The second-order valence-corrected chi connectivity index (χ2v) is 10.6. The first-order valence-electron chi connectivity index (χ1n) is 12.2. The van der Waals surface area contributed by atoms with Crippen LogP contribution in [0.1, 0.15) is 43.7 Å². The summed E-state index contributed by atoms with van der Waals surface area (Å²) in [5, 5.41) is 5.41. The number of carbonyl (C=O) groups is 1. The van der Waals surface area contributed by atoms with Crippen molar-refractivity contribution in [3.8, 4) is 11.1 Å². The van der Waals surface area contributed by atoms with Crippen molar-refractivity contribution < 1.29 is 13.2 Å². The van der Waals surface area contributed by atoms with E-state index in [-0.39, 0.29) is 10.9 Å². The van der Waals surface area contributed by atoms with Crippen LogP contribution in [-0.4, -0.2) is 32.4 Å². The van der Waals surface area contributed by atoms with E-state index in [1.165, 1.54) is 11.6 Å². The van der Waals surface area contributed by atoms with Crippen LogP contribution in [0.25, 0.3) is 11.1 Å². The fourth-order valence-corrected chi connectivity index (χ4v) is 5.42. The number of anilines is 1. The molecule has 7 heteroatoms. The Morgan fingerprint density at radius 3 is 2.43 bits per heavy atom. The molecule has 4 rings (SSSR count). The normalized spacial score (nSPS) is 13.4. The molecule has 1 aliphatic heterocycles. The van der Waals surface area contributed by atoms with Crippen LogP contribution in [0.2, 0.25) is 0 Å². The first-order chi connectivity index (χ1) is 16.9. The maximum absolute atomic E-state index is 13.7. The highest BCUT2D eigenvalue weighted by molar-refractivity contribution is 7.89. The van der Waals surface area contributed by atoms with Crippen molar-refractivity contribution in [2.75, 3.05) is 18.0 Å². The minimum absolute atomic E-state index is 0.0388. The summed E-state index contributed by atoms with van der Waals surface area (Å²) in [7, 11) is -3.83. The maximum atomic E-state index is 13.7. The van der Waals surface area contributed by atoms with Crippen LogP contribution in [0.5, 0.6) is 0 Å². The molecule has 0 saturated heterocycles. The number of para-hydroxylation sites is 1. The quantitative estimate of drug-likeness (QED) is 0.418. The Morgan fingerprint density at radius 1 is 0.971 bits per heavy atom. The Kier molecular flexibility index (Phi) is 7.88. The summed E-state index contributed by atoms with van der Waals surface area (Å²) < 4.78 is 24.0. The second-order valence-electron chi connectivity index (χ2n) is 9.03. The average Bonchev–Trinajstić information content (AvgIpc) is 2.87. The molecule has 35 heavy (non-hydrogen) atoms. The van der Waals surface area contributed by atoms with E-state index >= 15 is 0 Å². The molecule has 0 aliphatic carbocycles. The number of urea groups is 1. The van der Waals surface area contributed by atoms with Gasteiger partial charge < -0.3 is 4.90 Å². The van der Waals surface area contributed by atoms with E-state index in [0.717, 1.165) is 55.5 Å². The SMILES string of the molecule is CCCCCN(Cc1ccc(-c2ccccc2S(N)(=O)=O)cc1)C(=O)N1CCCc2ccccc21. The molecular weight excluding hydrogens is 458 g/mol. The zero-order chi connectivity index (χ0) is 24.8. The van der Waals surface area contributed by atoms with Crippen LogP contribution in [0.3, 0.4) is 0 Å². The lowest BCUT2D eigenvalue weighted by atomic mass is 10.0. The van der Waals surface area contributed by atoms with Gasteiger partial charge in [0.15, 0.2) is 0 Å². The van der Waals surface area contributed by atoms with Gasteiger partial charge >= 0.3 is 6.03 Å². The van der Waals surface area contributed by atoms with Gasteiger partial charge in [0.1, 0.15) is 0 Å². The molecule has 0 radical (unpaired) electrons. The van der Waals surface area contributed by atoms with Gasteiger partial charge in [-0.05, 0) is 48.1 Å².